The average molecular weight is 845 g/mol. The first-order valence-corrected chi connectivity index (χ1v) is 22.8. The lowest BCUT2D eigenvalue weighted by Gasteiger charge is -2.38. The highest BCUT2D eigenvalue weighted by Gasteiger charge is 2.42. The zero-order valence-electron chi connectivity index (χ0n) is 39.8. The lowest BCUT2D eigenvalue weighted by atomic mass is 9.85. The van der Waals surface area contributed by atoms with E-state index in [1.165, 1.54) is 0 Å². The number of nitrogens with zero attached hydrogens (tertiary/aromatic N) is 4. The van der Waals surface area contributed by atoms with Gasteiger partial charge in [0.25, 0.3) is 0 Å². The van der Waals surface area contributed by atoms with E-state index >= 15 is 0 Å². The van der Waals surface area contributed by atoms with Gasteiger partial charge in [-0.3, -0.25) is 28.8 Å². The van der Waals surface area contributed by atoms with Gasteiger partial charge in [0, 0.05) is 62.8 Å². The molecule has 2 aliphatic rings. The van der Waals surface area contributed by atoms with Crippen LogP contribution in [0.2, 0.25) is 0 Å². The standard InChI is InChI=1S/C46H84N8O6/c1-31(2)53(29-35-23-21-27-51(35)43(59)39(45(7,8)9)49-41(57)33(5)47-13)37(55)25-19-17-15-16-18-20-26-38(56)54(32(3)4)30-36-24-22-28-52(36)44(60)40(46(10,11)12)50-42(58)34(6)48-14/h32-36,39-40,47-48H,1,15-30H2,2-14H3,(H,49,57)(H,50,58)/t33-,34-,35-,36-,39+,40+/m0/s1. The first-order chi connectivity index (χ1) is 28.0. The maximum absolute atomic E-state index is 13.9. The second-order valence-corrected chi connectivity index (χ2v) is 19.8. The van der Waals surface area contributed by atoms with Gasteiger partial charge in [-0.25, -0.2) is 0 Å². The van der Waals surface area contributed by atoms with E-state index in [1.54, 1.807) is 32.8 Å². The fourth-order valence-electron chi connectivity index (χ4n) is 8.10. The number of likely N-dealkylation sites (N-methyl/N-ethyl adjacent to an activating group) is 2. The zero-order chi connectivity index (χ0) is 45.5. The summed E-state index contributed by atoms with van der Waals surface area (Å²) in [6.07, 6.45) is 9.46. The highest BCUT2D eigenvalue weighted by atomic mass is 16.2. The molecule has 14 heteroatoms. The summed E-state index contributed by atoms with van der Waals surface area (Å²) >= 11 is 0. The van der Waals surface area contributed by atoms with E-state index in [0.29, 0.717) is 44.7 Å². The number of likely N-dealkylation sites (tertiary alicyclic amines) is 2. The van der Waals surface area contributed by atoms with Gasteiger partial charge in [-0.2, -0.15) is 0 Å². The number of nitrogens with one attached hydrogen (secondary N) is 4. The Balaban J connectivity index is 1.86. The summed E-state index contributed by atoms with van der Waals surface area (Å²) < 4.78 is 0. The molecule has 0 aromatic carbocycles. The Morgan fingerprint density at radius 3 is 1.38 bits per heavy atom. The Morgan fingerprint density at radius 1 is 0.633 bits per heavy atom. The third-order valence-corrected chi connectivity index (χ3v) is 12.3. The molecule has 2 aliphatic heterocycles. The van der Waals surface area contributed by atoms with Crippen LogP contribution in [0.3, 0.4) is 0 Å². The van der Waals surface area contributed by atoms with Gasteiger partial charge in [-0.05, 0) is 98.1 Å². The summed E-state index contributed by atoms with van der Waals surface area (Å²) in [5.74, 6) is -0.534. The maximum atomic E-state index is 13.9. The van der Waals surface area contributed by atoms with E-state index < -0.39 is 35.0 Å². The van der Waals surface area contributed by atoms with Crippen molar-refractivity contribution >= 4 is 35.4 Å². The number of carbonyl (C=O) groups is 6. The molecule has 0 bridgehead atoms. The minimum Gasteiger partial charge on any atom is -0.342 e. The molecule has 0 saturated carbocycles. The average Bonchev–Trinajstić information content (AvgIpc) is 3.85. The number of hydrogen-bond donors (Lipinski definition) is 4. The molecule has 6 amide bonds. The van der Waals surface area contributed by atoms with Gasteiger partial charge in [-0.15, -0.1) is 0 Å². The molecule has 0 unspecified atom stereocenters. The molecular weight excluding hydrogens is 761 g/mol. The lowest BCUT2D eigenvalue weighted by molar-refractivity contribution is -0.142. The van der Waals surface area contributed by atoms with Crippen molar-refractivity contribution in [3.05, 3.63) is 12.3 Å². The van der Waals surface area contributed by atoms with E-state index in [1.807, 2.05) is 77.0 Å². The van der Waals surface area contributed by atoms with E-state index in [9.17, 15) is 28.8 Å². The first-order valence-electron chi connectivity index (χ1n) is 22.8. The fraction of sp³-hybridized carbons (Fsp3) is 0.826. The van der Waals surface area contributed by atoms with Gasteiger partial charge in [-0.1, -0.05) is 73.8 Å². The maximum Gasteiger partial charge on any atom is 0.246 e. The predicted molar refractivity (Wildman–Crippen MR) is 240 cm³/mol. The Bertz CT molecular complexity index is 1450. The Labute approximate surface area is 363 Å². The summed E-state index contributed by atoms with van der Waals surface area (Å²) in [7, 11) is 3.43. The van der Waals surface area contributed by atoms with E-state index in [0.717, 1.165) is 64.2 Å². The second kappa shape index (κ2) is 24.2. The molecule has 0 radical (unpaired) electrons. The first kappa shape index (κ1) is 52.6. The van der Waals surface area contributed by atoms with Gasteiger partial charge in [0.05, 0.1) is 12.1 Å². The van der Waals surface area contributed by atoms with Gasteiger partial charge in [0.15, 0.2) is 0 Å². The highest BCUT2D eigenvalue weighted by Crippen LogP contribution is 2.29. The van der Waals surface area contributed by atoms with Crippen molar-refractivity contribution in [1.29, 1.82) is 0 Å². The highest BCUT2D eigenvalue weighted by molar-refractivity contribution is 5.91. The Kier molecular flexibility index (Phi) is 21.2. The normalized spacial score (nSPS) is 19.1. The number of carbonyl (C=O) groups excluding carboxylic acids is 6. The van der Waals surface area contributed by atoms with Crippen molar-refractivity contribution in [2.75, 3.05) is 40.3 Å². The molecule has 60 heavy (non-hydrogen) atoms. The van der Waals surface area contributed by atoms with Gasteiger partial charge < -0.3 is 40.9 Å². The van der Waals surface area contributed by atoms with Crippen LogP contribution in [0.4, 0.5) is 0 Å². The summed E-state index contributed by atoms with van der Waals surface area (Å²) in [4.78, 5) is 87.8. The fourth-order valence-corrected chi connectivity index (χ4v) is 8.10. The van der Waals surface area contributed by atoms with Crippen molar-refractivity contribution in [2.24, 2.45) is 10.8 Å². The molecular formula is C46H84N8O6. The minimum absolute atomic E-state index is 0.00138. The van der Waals surface area contributed by atoms with Crippen molar-refractivity contribution in [1.82, 2.24) is 40.9 Å². The number of unbranched alkanes of at least 4 members (excludes halogenated alkanes) is 5. The molecule has 2 rings (SSSR count). The molecule has 2 saturated heterocycles. The third kappa shape index (κ3) is 15.7. The molecule has 0 spiro atoms. The molecule has 0 aliphatic carbocycles. The van der Waals surface area contributed by atoms with Crippen LogP contribution >= 0.6 is 0 Å². The molecule has 344 valence electrons. The SMILES string of the molecule is C=C(C)N(C[C@@H]1CCCN1C(=O)[C@@H](NC(=O)[C@H](C)NC)C(C)(C)C)C(=O)CCCCCCCCC(=O)N(C[C@@H]1CCCN1C(=O)[C@@H](NC(=O)[C@H](C)NC)C(C)(C)C)C(C)C. The lowest BCUT2D eigenvalue weighted by Crippen LogP contribution is -2.59. The summed E-state index contributed by atoms with van der Waals surface area (Å²) in [5.41, 5.74) is -0.314. The van der Waals surface area contributed by atoms with Crippen molar-refractivity contribution in [3.63, 3.8) is 0 Å². The quantitative estimate of drug-likeness (QED) is 0.105. The third-order valence-electron chi connectivity index (χ3n) is 12.3. The van der Waals surface area contributed by atoms with E-state index in [-0.39, 0.29) is 53.6 Å². The molecule has 2 fully saturated rings. The number of amides is 6. The molecule has 4 N–H and O–H groups in total. The van der Waals surface area contributed by atoms with Crippen molar-refractivity contribution in [3.8, 4) is 0 Å². The molecule has 6 atom stereocenters. The summed E-state index contributed by atoms with van der Waals surface area (Å²) in [6.45, 7) is 27.3. The van der Waals surface area contributed by atoms with E-state index in [4.69, 9.17) is 0 Å². The molecule has 14 nitrogen and oxygen atoms in total. The van der Waals surface area contributed by atoms with Crippen molar-refractivity contribution in [2.45, 2.75) is 196 Å². The molecule has 0 aromatic rings. The van der Waals surface area contributed by atoms with Crippen molar-refractivity contribution < 1.29 is 28.8 Å². The van der Waals surface area contributed by atoms with Crippen LogP contribution < -0.4 is 21.3 Å². The molecule has 0 aromatic heterocycles. The second-order valence-electron chi connectivity index (χ2n) is 19.8. The van der Waals surface area contributed by atoms with Crippen LogP contribution in [0.1, 0.15) is 153 Å². The number of rotatable bonds is 23. The van der Waals surface area contributed by atoms with Crippen LogP contribution in [-0.2, 0) is 28.8 Å². The van der Waals surface area contributed by atoms with Gasteiger partial charge in [0.1, 0.15) is 12.1 Å². The minimum atomic E-state index is -0.690. The summed E-state index contributed by atoms with van der Waals surface area (Å²) in [5, 5.41) is 11.8. The zero-order valence-corrected chi connectivity index (χ0v) is 39.8. The van der Waals surface area contributed by atoms with Crippen LogP contribution in [0.15, 0.2) is 12.3 Å². The van der Waals surface area contributed by atoms with Crippen LogP contribution in [0.5, 0.6) is 0 Å². The number of hydrogen-bond acceptors (Lipinski definition) is 8. The summed E-state index contributed by atoms with van der Waals surface area (Å²) in [6, 6.07) is -2.46. The van der Waals surface area contributed by atoms with E-state index in [2.05, 4.69) is 27.8 Å². The topological polar surface area (TPSA) is 163 Å². The number of allylic oxidation sites excluding steroid dienone is 1. The smallest absolute Gasteiger partial charge is 0.246 e. The predicted octanol–water partition coefficient (Wildman–Crippen LogP) is 4.97. The Hall–Kier alpha value is -3.52. The monoisotopic (exact) mass is 845 g/mol. The van der Waals surface area contributed by atoms with Crippen LogP contribution in [0, 0.1) is 10.8 Å². The Morgan fingerprint density at radius 2 is 1.02 bits per heavy atom. The molecule has 2 heterocycles. The largest absolute Gasteiger partial charge is 0.342 e. The van der Waals surface area contributed by atoms with Crippen LogP contribution in [-0.4, -0.2) is 138 Å². The van der Waals surface area contributed by atoms with Gasteiger partial charge in [0.2, 0.25) is 35.4 Å². The van der Waals surface area contributed by atoms with Gasteiger partial charge >= 0.3 is 0 Å². The van der Waals surface area contributed by atoms with Crippen LogP contribution in [0.25, 0.3) is 0 Å².